The van der Waals surface area contributed by atoms with E-state index in [1.807, 2.05) is 36.2 Å². The predicted molar refractivity (Wildman–Crippen MR) is 118 cm³/mol. The number of hydrogen-bond donors (Lipinski definition) is 0. The summed E-state index contributed by atoms with van der Waals surface area (Å²) < 4.78 is 5.83. The molecule has 1 heterocycles. The lowest BCUT2D eigenvalue weighted by atomic mass is 9.97. The van der Waals surface area contributed by atoms with E-state index in [4.69, 9.17) is 27.9 Å². The lowest BCUT2D eigenvalue weighted by Gasteiger charge is -2.40. The quantitative estimate of drug-likeness (QED) is 0.577. The van der Waals surface area contributed by atoms with E-state index in [-0.39, 0.29) is 11.8 Å². The molecule has 1 saturated heterocycles. The Morgan fingerprint density at radius 3 is 2.31 bits per heavy atom. The van der Waals surface area contributed by atoms with Crippen LogP contribution < -0.4 is 4.74 Å². The maximum Gasteiger partial charge on any atom is 0.228 e. The lowest BCUT2D eigenvalue weighted by molar-refractivity contribution is -0.140. The van der Waals surface area contributed by atoms with Crippen LogP contribution in [0, 0.1) is 11.8 Å². The van der Waals surface area contributed by atoms with Crippen LogP contribution in [-0.2, 0) is 17.9 Å². The minimum Gasteiger partial charge on any atom is -0.489 e. The normalized spacial score (nSPS) is 14.7. The highest BCUT2D eigenvalue weighted by molar-refractivity contribution is 6.34. The molecule has 0 unspecified atom stereocenters. The average Bonchev–Trinajstić information content (AvgIpc) is 2.61. The van der Waals surface area contributed by atoms with Gasteiger partial charge in [0.15, 0.2) is 0 Å². The van der Waals surface area contributed by atoms with Crippen LogP contribution in [0.2, 0.25) is 10.0 Å². The Hall–Kier alpha value is -1.75. The van der Waals surface area contributed by atoms with Gasteiger partial charge in [0.2, 0.25) is 5.91 Å². The van der Waals surface area contributed by atoms with Crippen LogP contribution in [0.3, 0.4) is 0 Å². The van der Waals surface area contributed by atoms with Crippen LogP contribution in [-0.4, -0.2) is 42.4 Å². The molecule has 0 saturated carbocycles. The molecule has 3 rings (SSSR count). The highest BCUT2D eigenvalue weighted by Gasteiger charge is 2.34. The van der Waals surface area contributed by atoms with Crippen LogP contribution in [0.25, 0.3) is 0 Å². The molecule has 0 radical (unpaired) electrons. The van der Waals surface area contributed by atoms with Crippen molar-refractivity contribution in [2.75, 3.05) is 26.7 Å². The zero-order valence-corrected chi connectivity index (χ0v) is 18.7. The molecule has 6 heteroatoms. The van der Waals surface area contributed by atoms with Crippen molar-refractivity contribution >= 4 is 29.1 Å². The van der Waals surface area contributed by atoms with Crippen molar-refractivity contribution in [3.63, 3.8) is 0 Å². The highest BCUT2D eigenvalue weighted by Crippen LogP contribution is 2.23. The summed E-state index contributed by atoms with van der Waals surface area (Å²) in [5, 5.41) is 1.21. The first-order chi connectivity index (χ1) is 13.8. The van der Waals surface area contributed by atoms with Gasteiger partial charge in [0.25, 0.3) is 0 Å². The molecule has 0 atom stereocenters. The number of rotatable bonds is 8. The van der Waals surface area contributed by atoms with E-state index in [2.05, 4.69) is 30.9 Å². The van der Waals surface area contributed by atoms with Crippen molar-refractivity contribution in [1.82, 2.24) is 9.80 Å². The summed E-state index contributed by atoms with van der Waals surface area (Å²) >= 11 is 12.0. The summed E-state index contributed by atoms with van der Waals surface area (Å²) in [5.74, 6) is 1.69. The molecule has 29 heavy (non-hydrogen) atoms. The number of carbonyl (C=O) groups is 1. The van der Waals surface area contributed by atoms with Gasteiger partial charge < -0.3 is 9.64 Å². The number of halogens is 2. The Labute approximate surface area is 183 Å². The van der Waals surface area contributed by atoms with E-state index in [0.717, 1.165) is 37.5 Å². The zero-order chi connectivity index (χ0) is 21.0. The summed E-state index contributed by atoms with van der Waals surface area (Å²) in [5.41, 5.74) is 2.15. The number of likely N-dealkylation sites (tertiary alicyclic amines) is 1. The summed E-state index contributed by atoms with van der Waals surface area (Å²) in [6.07, 6.45) is 0. The van der Waals surface area contributed by atoms with Gasteiger partial charge in [-0.05, 0) is 47.4 Å². The number of carbonyl (C=O) groups excluding carboxylic acids is 1. The summed E-state index contributed by atoms with van der Waals surface area (Å²) in [4.78, 5) is 16.6. The fourth-order valence-corrected chi connectivity index (χ4v) is 4.19. The van der Waals surface area contributed by atoms with Crippen molar-refractivity contribution in [3.05, 3.63) is 63.6 Å². The number of hydrogen-bond acceptors (Lipinski definition) is 3. The van der Waals surface area contributed by atoms with Gasteiger partial charge in [-0.2, -0.15) is 0 Å². The Bertz CT molecular complexity index is 813. The van der Waals surface area contributed by atoms with Gasteiger partial charge in [0.1, 0.15) is 12.4 Å². The molecule has 0 aliphatic carbocycles. The Morgan fingerprint density at radius 2 is 1.72 bits per heavy atom. The van der Waals surface area contributed by atoms with E-state index < -0.39 is 0 Å². The second-order valence-corrected chi connectivity index (χ2v) is 9.09. The van der Waals surface area contributed by atoms with Crippen molar-refractivity contribution < 1.29 is 9.53 Å². The first kappa shape index (κ1) is 21.9. The van der Waals surface area contributed by atoms with Crippen LogP contribution in [0.1, 0.15) is 25.0 Å². The Morgan fingerprint density at radius 1 is 1.10 bits per heavy atom. The molecule has 0 N–H and O–H groups in total. The molecule has 1 aliphatic rings. The highest BCUT2D eigenvalue weighted by atomic mass is 35.5. The van der Waals surface area contributed by atoms with Crippen molar-refractivity contribution in [2.24, 2.45) is 11.8 Å². The third-order valence-electron chi connectivity index (χ3n) is 4.98. The number of benzene rings is 2. The molecule has 1 aliphatic heterocycles. The predicted octanol–water partition coefficient (Wildman–Crippen LogP) is 5.12. The third kappa shape index (κ3) is 6.36. The molecule has 156 valence electrons. The molecule has 2 aromatic rings. The van der Waals surface area contributed by atoms with Crippen molar-refractivity contribution in [1.29, 1.82) is 0 Å². The maximum absolute atomic E-state index is 12.4. The number of nitrogens with zero attached hydrogens (tertiary/aromatic N) is 2. The molecule has 0 spiro atoms. The van der Waals surface area contributed by atoms with Gasteiger partial charge in [-0.25, -0.2) is 0 Å². The van der Waals surface area contributed by atoms with Gasteiger partial charge in [0.05, 0.1) is 5.92 Å². The Balaban J connectivity index is 1.44. The summed E-state index contributed by atoms with van der Waals surface area (Å²) in [6, 6.07) is 13.5. The largest absolute Gasteiger partial charge is 0.489 e. The summed E-state index contributed by atoms with van der Waals surface area (Å²) in [6.45, 7) is 8.01. The zero-order valence-electron chi connectivity index (χ0n) is 17.2. The average molecular weight is 435 g/mol. The topological polar surface area (TPSA) is 32.8 Å². The summed E-state index contributed by atoms with van der Waals surface area (Å²) in [7, 11) is 1.90. The molecule has 0 bridgehead atoms. The second kappa shape index (κ2) is 9.84. The van der Waals surface area contributed by atoms with Gasteiger partial charge in [0, 0.05) is 43.3 Å². The van der Waals surface area contributed by atoms with Crippen molar-refractivity contribution in [3.8, 4) is 5.75 Å². The van der Waals surface area contributed by atoms with Gasteiger partial charge >= 0.3 is 0 Å². The van der Waals surface area contributed by atoms with Crippen LogP contribution in [0.15, 0.2) is 42.5 Å². The number of amides is 1. The smallest absolute Gasteiger partial charge is 0.228 e. The molecule has 1 amide bonds. The third-order valence-corrected chi connectivity index (χ3v) is 5.42. The molecule has 2 aromatic carbocycles. The van der Waals surface area contributed by atoms with E-state index in [0.29, 0.717) is 22.6 Å². The minimum absolute atomic E-state index is 0.130. The number of ether oxygens (including phenoxy) is 1. The van der Waals surface area contributed by atoms with Gasteiger partial charge in [-0.3, -0.25) is 9.69 Å². The minimum atomic E-state index is 0.130. The van der Waals surface area contributed by atoms with E-state index in [1.165, 1.54) is 5.56 Å². The van der Waals surface area contributed by atoms with Crippen LogP contribution in [0.4, 0.5) is 0 Å². The first-order valence-electron chi connectivity index (χ1n) is 9.94. The Kier molecular flexibility index (Phi) is 7.44. The second-order valence-electron chi connectivity index (χ2n) is 8.21. The standard InChI is InChI=1S/C23H28Cl2N2O2/c1-16(2)11-26(3)23(28)19-13-27(14-19)12-17-4-6-22(7-5-17)29-15-18-8-20(24)10-21(25)9-18/h4-10,16,19H,11-15H2,1-3H3. The maximum atomic E-state index is 12.4. The molecule has 4 nitrogen and oxygen atoms in total. The van der Waals surface area contributed by atoms with Crippen LogP contribution >= 0.6 is 23.2 Å². The van der Waals surface area contributed by atoms with E-state index in [9.17, 15) is 4.79 Å². The molecular formula is C23H28Cl2N2O2. The van der Waals surface area contributed by atoms with E-state index >= 15 is 0 Å². The van der Waals surface area contributed by atoms with Crippen LogP contribution in [0.5, 0.6) is 5.75 Å². The van der Waals surface area contributed by atoms with E-state index in [1.54, 1.807) is 6.07 Å². The SMILES string of the molecule is CC(C)CN(C)C(=O)C1CN(Cc2ccc(OCc3cc(Cl)cc(Cl)c3)cc2)C1. The van der Waals surface area contributed by atoms with Gasteiger partial charge in [-0.1, -0.05) is 49.2 Å². The lowest BCUT2D eigenvalue weighted by Crippen LogP contribution is -2.53. The fourth-order valence-electron chi connectivity index (χ4n) is 3.61. The molecule has 1 fully saturated rings. The van der Waals surface area contributed by atoms with Crippen molar-refractivity contribution in [2.45, 2.75) is 27.0 Å². The first-order valence-corrected chi connectivity index (χ1v) is 10.7. The fraction of sp³-hybridized carbons (Fsp3) is 0.435. The molecular weight excluding hydrogens is 407 g/mol. The molecule has 0 aromatic heterocycles. The monoisotopic (exact) mass is 434 g/mol. The van der Waals surface area contributed by atoms with Gasteiger partial charge in [-0.15, -0.1) is 0 Å².